The Kier molecular flexibility index (Phi) is 6.41. The molecule has 0 aromatic rings. The average Bonchev–Trinajstić information content (AvgIpc) is 2.84. The summed E-state index contributed by atoms with van der Waals surface area (Å²) in [7, 11) is 3.32. The number of esters is 1. The van der Waals surface area contributed by atoms with Crippen LogP contribution in [-0.4, -0.2) is 69.0 Å². The fourth-order valence-corrected chi connectivity index (χ4v) is 1.89. The standard InChI is InChI=1S/C12H19F3N2O4/c1-17(2)10(18)9-6-8(7-16-9)20-4-3-5-21-11(19)12(13,14)15/h8-9,16H,3-7H2,1-2H3/t8-,9+/m1/s1. The predicted octanol–water partition coefficient (Wildman–Crippen LogP) is 0.317. The van der Waals surface area contributed by atoms with E-state index in [1.165, 1.54) is 4.90 Å². The van der Waals surface area contributed by atoms with Gasteiger partial charge in [0, 0.05) is 27.1 Å². The third kappa shape index (κ3) is 5.88. The first kappa shape index (κ1) is 17.7. The summed E-state index contributed by atoms with van der Waals surface area (Å²) in [5.74, 6) is -2.23. The van der Waals surface area contributed by atoms with E-state index in [4.69, 9.17) is 4.74 Å². The fraction of sp³-hybridized carbons (Fsp3) is 0.833. The molecule has 0 bridgehead atoms. The van der Waals surface area contributed by atoms with Crippen molar-refractivity contribution in [3.8, 4) is 0 Å². The zero-order valence-corrected chi connectivity index (χ0v) is 11.9. The molecule has 9 heteroatoms. The van der Waals surface area contributed by atoms with E-state index in [-0.39, 0.29) is 37.7 Å². The maximum absolute atomic E-state index is 11.8. The van der Waals surface area contributed by atoms with Crippen LogP contribution >= 0.6 is 0 Å². The molecule has 1 fully saturated rings. The topological polar surface area (TPSA) is 67.9 Å². The van der Waals surface area contributed by atoms with Gasteiger partial charge in [-0.1, -0.05) is 0 Å². The number of carbonyl (C=O) groups is 2. The van der Waals surface area contributed by atoms with Crippen molar-refractivity contribution in [1.82, 2.24) is 10.2 Å². The zero-order valence-electron chi connectivity index (χ0n) is 11.9. The van der Waals surface area contributed by atoms with Crippen molar-refractivity contribution in [2.45, 2.75) is 31.2 Å². The molecule has 0 unspecified atom stereocenters. The number of halogens is 3. The summed E-state index contributed by atoms with van der Waals surface area (Å²) in [6, 6.07) is -0.298. The van der Waals surface area contributed by atoms with Gasteiger partial charge in [-0.05, 0) is 6.42 Å². The lowest BCUT2D eigenvalue weighted by atomic mass is 10.2. The normalized spacial score (nSPS) is 22.1. The lowest BCUT2D eigenvalue weighted by Crippen LogP contribution is -2.39. The van der Waals surface area contributed by atoms with Gasteiger partial charge in [0.05, 0.1) is 25.4 Å². The SMILES string of the molecule is CN(C)C(=O)[C@@H]1C[C@@H](OCCCOC(=O)C(F)(F)F)CN1. The van der Waals surface area contributed by atoms with E-state index in [0.29, 0.717) is 13.0 Å². The largest absolute Gasteiger partial charge is 0.490 e. The first-order valence-corrected chi connectivity index (χ1v) is 6.52. The van der Waals surface area contributed by atoms with Gasteiger partial charge in [-0.15, -0.1) is 0 Å². The van der Waals surface area contributed by atoms with Gasteiger partial charge in [-0.2, -0.15) is 13.2 Å². The minimum absolute atomic E-state index is 0.0415. The molecule has 1 rings (SSSR count). The molecule has 0 aromatic carbocycles. The van der Waals surface area contributed by atoms with Gasteiger partial charge in [-0.3, -0.25) is 4.79 Å². The van der Waals surface area contributed by atoms with Gasteiger partial charge in [-0.25, -0.2) is 4.79 Å². The molecule has 1 aliphatic rings. The molecule has 21 heavy (non-hydrogen) atoms. The quantitative estimate of drug-likeness (QED) is 0.565. The van der Waals surface area contributed by atoms with E-state index in [2.05, 4.69) is 10.1 Å². The second-order valence-corrected chi connectivity index (χ2v) is 4.91. The molecule has 1 amide bonds. The lowest BCUT2D eigenvalue weighted by molar-refractivity contribution is -0.200. The van der Waals surface area contributed by atoms with Crippen molar-refractivity contribution in [2.24, 2.45) is 0 Å². The number of nitrogens with zero attached hydrogens (tertiary/aromatic N) is 1. The number of nitrogens with one attached hydrogen (secondary N) is 1. The monoisotopic (exact) mass is 312 g/mol. The molecular weight excluding hydrogens is 293 g/mol. The van der Waals surface area contributed by atoms with Crippen molar-refractivity contribution in [3.05, 3.63) is 0 Å². The van der Waals surface area contributed by atoms with Crippen LogP contribution in [0.3, 0.4) is 0 Å². The molecule has 0 saturated carbocycles. The smallest absolute Gasteiger partial charge is 0.459 e. The van der Waals surface area contributed by atoms with Crippen LogP contribution in [0.4, 0.5) is 13.2 Å². The highest BCUT2D eigenvalue weighted by molar-refractivity contribution is 5.81. The molecule has 122 valence electrons. The third-order valence-electron chi connectivity index (χ3n) is 2.94. The van der Waals surface area contributed by atoms with E-state index in [1.807, 2.05) is 0 Å². The molecule has 1 aliphatic heterocycles. The molecule has 0 spiro atoms. The Bertz CT molecular complexity index is 374. The maximum Gasteiger partial charge on any atom is 0.490 e. The summed E-state index contributed by atoms with van der Waals surface area (Å²) in [6.07, 6.45) is -4.45. The number of likely N-dealkylation sites (N-methyl/N-ethyl adjacent to an activating group) is 1. The number of carbonyl (C=O) groups excluding carboxylic acids is 2. The third-order valence-corrected chi connectivity index (χ3v) is 2.94. The van der Waals surface area contributed by atoms with E-state index >= 15 is 0 Å². The lowest BCUT2D eigenvalue weighted by Gasteiger charge is -2.16. The van der Waals surface area contributed by atoms with Crippen LogP contribution in [0, 0.1) is 0 Å². The summed E-state index contributed by atoms with van der Waals surface area (Å²) in [5, 5.41) is 3.02. The Labute approximate surface area is 120 Å². The molecule has 1 saturated heterocycles. The van der Waals surface area contributed by atoms with Gasteiger partial charge in [0.25, 0.3) is 0 Å². The Hall–Kier alpha value is -1.35. The number of hydrogen-bond donors (Lipinski definition) is 1. The van der Waals surface area contributed by atoms with Crippen LogP contribution in [0.15, 0.2) is 0 Å². The molecule has 1 N–H and O–H groups in total. The fourth-order valence-electron chi connectivity index (χ4n) is 1.89. The van der Waals surface area contributed by atoms with E-state index < -0.39 is 12.1 Å². The maximum atomic E-state index is 11.8. The average molecular weight is 312 g/mol. The van der Waals surface area contributed by atoms with Crippen LogP contribution in [-0.2, 0) is 19.1 Å². The number of amides is 1. The molecule has 1 heterocycles. The first-order chi connectivity index (χ1) is 9.71. The van der Waals surface area contributed by atoms with Crippen molar-refractivity contribution in [1.29, 1.82) is 0 Å². The van der Waals surface area contributed by atoms with E-state index in [0.717, 1.165) is 0 Å². The van der Waals surface area contributed by atoms with Gasteiger partial charge in [0.1, 0.15) is 0 Å². The Balaban J connectivity index is 2.12. The number of hydrogen-bond acceptors (Lipinski definition) is 5. The van der Waals surface area contributed by atoms with E-state index in [9.17, 15) is 22.8 Å². The van der Waals surface area contributed by atoms with Crippen LogP contribution in [0.2, 0.25) is 0 Å². The molecule has 2 atom stereocenters. The van der Waals surface area contributed by atoms with Crippen molar-refractivity contribution in [3.63, 3.8) is 0 Å². The van der Waals surface area contributed by atoms with Gasteiger partial charge < -0.3 is 19.7 Å². The molecular formula is C12H19F3N2O4. The van der Waals surface area contributed by atoms with Crippen LogP contribution in [0.1, 0.15) is 12.8 Å². The number of rotatable bonds is 6. The number of alkyl halides is 3. The summed E-state index contributed by atoms with van der Waals surface area (Å²) < 4.78 is 45.0. The molecule has 0 aliphatic carbocycles. The van der Waals surface area contributed by atoms with Crippen molar-refractivity contribution >= 4 is 11.9 Å². The Morgan fingerprint density at radius 2 is 1.95 bits per heavy atom. The summed E-state index contributed by atoms with van der Waals surface area (Å²) in [4.78, 5) is 23.6. The summed E-state index contributed by atoms with van der Waals surface area (Å²) in [6.45, 7) is 0.325. The first-order valence-electron chi connectivity index (χ1n) is 6.52. The van der Waals surface area contributed by atoms with Crippen LogP contribution in [0.25, 0.3) is 0 Å². The minimum Gasteiger partial charge on any atom is -0.459 e. The second kappa shape index (κ2) is 7.60. The molecule has 0 radical (unpaired) electrons. The second-order valence-electron chi connectivity index (χ2n) is 4.91. The summed E-state index contributed by atoms with van der Waals surface area (Å²) in [5.41, 5.74) is 0. The predicted molar refractivity (Wildman–Crippen MR) is 66.5 cm³/mol. The molecule has 6 nitrogen and oxygen atoms in total. The Morgan fingerprint density at radius 1 is 1.29 bits per heavy atom. The highest BCUT2D eigenvalue weighted by Gasteiger charge is 2.40. The zero-order chi connectivity index (χ0) is 16.0. The van der Waals surface area contributed by atoms with Crippen LogP contribution < -0.4 is 5.32 Å². The van der Waals surface area contributed by atoms with Crippen molar-refractivity contribution < 1.29 is 32.2 Å². The number of ether oxygens (including phenoxy) is 2. The Morgan fingerprint density at radius 3 is 2.52 bits per heavy atom. The van der Waals surface area contributed by atoms with E-state index in [1.54, 1.807) is 14.1 Å². The highest BCUT2D eigenvalue weighted by atomic mass is 19.4. The van der Waals surface area contributed by atoms with Crippen molar-refractivity contribution in [2.75, 3.05) is 33.9 Å². The minimum atomic E-state index is -4.96. The van der Waals surface area contributed by atoms with Crippen LogP contribution in [0.5, 0.6) is 0 Å². The highest BCUT2D eigenvalue weighted by Crippen LogP contribution is 2.16. The molecule has 0 aromatic heterocycles. The van der Waals surface area contributed by atoms with Gasteiger partial charge >= 0.3 is 12.1 Å². The van der Waals surface area contributed by atoms with Gasteiger partial charge in [0.2, 0.25) is 5.91 Å². The van der Waals surface area contributed by atoms with Gasteiger partial charge in [0.15, 0.2) is 0 Å². The summed E-state index contributed by atoms with van der Waals surface area (Å²) >= 11 is 0.